The van der Waals surface area contributed by atoms with Crippen molar-refractivity contribution in [3.05, 3.63) is 46.6 Å². The number of aromatic hydroxyl groups is 2. The minimum Gasteiger partial charge on any atom is -0.508 e. The predicted molar refractivity (Wildman–Crippen MR) is 202 cm³/mol. The number of benzene rings is 2. The van der Waals surface area contributed by atoms with E-state index >= 15 is 0 Å². The molecule has 14 N–H and O–H groups in total. The third-order valence-electron chi connectivity index (χ3n) is 11.4. The van der Waals surface area contributed by atoms with Crippen LogP contribution in [0.5, 0.6) is 23.0 Å². The van der Waals surface area contributed by atoms with Gasteiger partial charge in [-0.3, -0.25) is 4.79 Å². The number of phenols is 2. The van der Waals surface area contributed by atoms with Crippen molar-refractivity contribution >= 4 is 11.0 Å². The highest BCUT2D eigenvalue weighted by Gasteiger charge is 2.55. The van der Waals surface area contributed by atoms with Gasteiger partial charge in [0.05, 0.1) is 25.4 Å². The molecular weight excluding hydrogens is 852 g/mol. The molecule has 0 amide bonds. The summed E-state index contributed by atoms with van der Waals surface area (Å²) in [6, 6.07) is 7.17. The second-order valence-electron chi connectivity index (χ2n) is 15.7. The molecule has 63 heavy (non-hydrogen) atoms. The topological polar surface area (TPSA) is 387 Å². The lowest BCUT2D eigenvalue weighted by Crippen LogP contribution is -2.67. The molecule has 0 radical (unpaired) electrons. The number of hydrogen-bond acceptors (Lipinski definition) is 24. The van der Waals surface area contributed by atoms with Crippen LogP contribution in [-0.2, 0) is 28.4 Å². The molecule has 4 saturated heterocycles. The van der Waals surface area contributed by atoms with E-state index < -0.39 is 164 Å². The van der Waals surface area contributed by atoms with Gasteiger partial charge in [-0.25, -0.2) is 0 Å². The van der Waals surface area contributed by atoms with Crippen molar-refractivity contribution in [1.82, 2.24) is 0 Å². The van der Waals surface area contributed by atoms with Crippen molar-refractivity contribution in [3.63, 3.8) is 0 Å². The molecule has 0 saturated carbocycles. The second kappa shape index (κ2) is 18.9. The summed E-state index contributed by atoms with van der Waals surface area (Å²) in [5.74, 6) is -2.34. The molecule has 2 aromatic carbocycles. The third kappa shape index (κ3) is 9.07. The fourth-order valence-corrected chi connectivity index (χ4v) is 7.65. The maximum absolute atomic E-state index is 14.6. The van der Waals surface area contributed by atoms with E-state index in [-0.39, 0.29) is 22.6 Å². The van der Waals surface area contributed by atoms with Gasteiger partial charge in [0.1, 0.15) is 108 Å². The van der Waals surface area contributed by atoms with Gasteiger partial charge in [-0.05, 0) is 38.1 Å². The van der Waals surface area contributed by atoms with Crippen molar-refractivity contribution in [2.45, 2.75) is 137 Å². The van der Waals surface area contributed by atoms with Gasteiger partial charge in [0, 0.05) is 17.7 Å². The Morgan fingerprint density at radius 1 is 0.556 bits per heavy atom. The average molecular weight is 903 g/mol. The lowest BCUT2D eigenvalue weighted by molar-refractivity contribution is -0.382. The summed E-state index contributed by atoms with van der Waals surface area (Å²) < 4.78 is 52.6. The lowest BCUT2D eigenvalue weighted by atomic mass is 9.96. The van der Waals surface area contributed by atoms with Crippen molar-refractivity contribution in [2.75, 3.05) is 13.2 Å². The first-order valence-electron chi connectivity index (χ1n) is 19.8. The summed E-state index contributed by atoms with van der Waals surface area (Å²) in [5.41, 5.74) is -1.38. The predicted octanol–water partition coefficient (Wildman–Crippen LogP) is -5.07. The van der Waals surface area contributed by atoms with Crippen LogP contribution >= 0.6 is 0 Å². The van der Waals surface area contributed by atoms with Gasteiger partial charge in [-0.1, -0.05) is 0 Å². The summed E-state index contributed by atoms with van der Waals surface area (Å²) in [5, 5.41) is 147. The number of ether oxygens (including phenoxy) is 8. The monoisotopic (exact) mass is 902 g/mol. The molecule has 5 heterocycles. The van der Waals surface area contributed by atoms with Crippen LogP contribution in [0.15, 0.2) is 45.6 Å². The molecule has 4 aliphatic heterocycles. The van der Waals surface area contributed by atoms with E-state index in [9.17, 15) is 76.3 Å². The average Bonchev–Trinajstić information content (AvgIpc) is 3.25. The van der Waals surface area contributed by atoms with Crippen molar-refractivity contribution < 1.29 is 114 Å². The molecule has 0 bridgehead atoms. The van der Waals surface area contributed by atoms with Crippen molar-refractivity contribution in [3.8, 4) is 34.3 Å². The normalized spacial score (nSPS) is 41.0. The number of fused-ring (bicyclic) bond motifs is 1. The zero-order valence-corrected chi connectivity index (χ0v) is 33.3. The van der Waals surface area contributed by atoms with Crippen LogP contribution in [0.4, 0.5) is 0 Å². The Kier molecular flexibility index (Phi) is 14.1. The Morgan fingerprint density at radius 2 is 1.06 bits per heavy atom. The minimum absolute atomic E-state index is 0.0639. The minimum atomic E-state index is -2.07. The molecule has 0 spiro atoms. The molecule has 7 rings (SSSR count). The number of aliphatic hydroxyl groups excluding tert-OH is 12. The first-order valence-corrected chi connectivity index (χ1v) is 19.8. The maximum atomic E-state index is 14.6. The molecular formula is C39H50O24. The number of aliphatic hydroxyl groups is 12. The fourth-order valence-electron chi connectivity index (χ4n) is 7.65. The largest absolute Gasteiger partial charge is 0.508 e. The first kappa shape index (κ1) is 47.1. The van der Waals surface area contributed by atoms with E-state index in [1.54, 1.807) is 0 Å². The van der Waals surface area contributed by atoms with E-state index in [0.717, 1.165) is 12.1 Å². The van der Waals surface area contributed by atoms with Gasteiger partial charge in [-0.2, -0.15) is 0 Å². The molecule has 24 nitrogen and oxygen atoms in total. The molecule has 0 unspecified atom stereocenters. The summed E-state index contributed by atoms with van der Waals surface area (Å²) in [4.78, 5) is 14.6. The van der Waals surface area contributed by atoms with E-state index in [1.807, 2.05) is 0 Å². The zero-order chi connectivity index (χ0) is 45.8. The SMILES string of the molecule is C[C@@H]1O[C@@H](Oc2cc(O)c3c(=O)c(O[C@@H]4O[C@@H](C)[C@H](O)[C@@H](O[C@@H]5O[C@H](CO)[C@@H](O)[C@H](O)[C@H]5O)[C@H]4O[C@@H]4O[C@H](CO)[C@@H](O)[C@H](O)[C@H]4O)c(-c4ccc(O)cc4)oc3c2)[C@H](O)[C@H](O)[C@H]1O. The second-order valence-corrected chi connectivity index (χ2v) is 15.7. The van der Waals surface area contributed by atoms with Gasteiger partial charge in [0.15, 0.2) is 24.4 Å². The highest BCUT2D eigenvalue weighted by Crippen LogP contribution is 2.40. The smallest absolute Gasteiger partial charge is 0.239 e. The molecule has 350 valence electrons. The van der Waals surface area contributed by atoms with Gasteiger partial charge >= 0.3 is 0 Å². The Bertz CT molecular complexity index is 2080. The molecule has 20 atom stereocenters. The third-order valence-corrected chi connectivity index (χ3v) is 11.4. The Morgan fingerprint density at radius 3 is 1.63 bits per heavy atom. The summed E-state index contributed by atoms with van der Waals surface area (Å²) >= 11 is 0. The van der Waals surface area contributed by atoms with Gasteiger partial charge in [-0.15, -0.1) is 0 Å². The van der Waals surface area contributed by atoms with Crippen LogP contribution in [0.25, 0.3) is 22.3 Å². The summed E-state index contributed by atoms with van der Waals surface area (Å²) in [6.45, 7) is 0.979. The van der Waals surface area contributed by atoms with E-state index in [1.165, 1.54) is 38.1 Å². The van der Waals surface area contributed by atoms with Crippen LogP contribution in [0.3, 0.4) is 0 Å². The highest BCUT2D eigenvalue weighted by molar-refractivity contribution is 5.88. The lowest BCUT2D eigenvalue weighted by Gasteiger charge is -2.48. The van der Waals surface area contributed by atoms with Crippen LogP contribution < -0.4 is 14.9 Å². The van der Waals surface area contributed by atoms with Crippen LogP contribution in [0, 0.1) is 0 Å². The standard InChI is InChI=1S/C39H50O24/c1-11-21(44)26(49)29(52)36(55-11)57-15-7-16(43)20-17(8-15)58-32(13-3-5-14(42)6-4-13)34(25(20)48)62-39-35(63-38-31(54)28(51)24(47)19(10-41)60-38)33(22(45)12(2)56-39)61-37-30(53)27(50)23(46)18(9-40)59-37/h3-8,11-12,18-19,21-24,26-31,33,35-47,49-54H,9-10H2,1-2H3/t11-,12-,18+,19+,21-,22-,23+,24+,26+,27-,28-,29+,30+,31+,33+,35+,36-,37-,38-,39-/m0/s1. The quantitative estimate of drug-likeness (QED) is 0.0856. The molecule has 24 heteroatoms. The summed E-state index contributed by atoms with van der Waals surface area (Å²) in [6.07, 6.45) is -35.0. The zero-order valence-electron chi connectivity index (χ0n) is 33.3. The Balaban J connectivity index is 1.31. The van der Waals surface area contributed by atoms with Gasteiger partial charge < -0.3 is 114 Å². The van der Waals surface area contributed by atoms with E-state index in [0.29, 0.717) is 0 Å². The number of phenolic OH excluding ortho intramolecular Hbond substituents is 2. The Labute approximate surface area is 355 Å². The molecule has 4 fully saturated rings. The fraction of sp³-hybridized carbons (Fsp3) is 0.615. The molecule has 3 aromatic rings. The van der Waals surface area contributed by atoms with E-state index in [2.05, 4.69) is 0 Å². The Hall–Kier alpha value is -3.87. The van der Waals surface area contributed by atoms with Gasteiger partial charge in [0.25, 0.3) is 0 Å². The van der Waals surface area contributed by atoms with E-state index in [4.69, 9.17) is 42.3 Å². The van der Waals surface area contributed by atoms with Crippen LogP contribution in [0.1, 0.15) is 13.8 Å². The summed E-state index contributed by atoms with van der Waals surface area (Å²) in [7, 11) is 0. The molecule has 1 aromatic heterocycles. The first-order chi connectivity index (χ1) is 29.8. The highest BCUT2D eigenvalue weighted by atomic mass is 16.8. The molecule has 0 aliphatic carbocycles. The number of rotatable bonds is 11. The van der Waals surface area contributed by atoms with Crippen molar-refractivity contribution in [2.24, 2.45) is 0 Å². The van der Waals surface area contributed by atoms with Crippen LogP contribution in [0.2, 0.25) is 0 Å². The maximum Gasteiger partial charge on any atom is 0.239 e. The van der Waals surface area contributed by atoms with Crippen molar-refractivity contribution in [1.29, 1.82) is 0 Å². The van der Waals surface area contributed by atoms with Crippen LogP contribution in [-0.4, -0.2) is 208 Å². The molecule has 4 aliphatic rings. The van der Waals surface area contributed by atoms with Gasteiger partial charge in [0.2, 0.25) is 23.8 Å². The number of hydrogen-bond donors (Lipinski definition) is 14.